The van der Waals surface area contributed by atoms with Crippen LogP contribution in [0.5, 0.6) is 0 Å². The number of hydrogen-bond donors (Lipinski definition) is 1. The van der Waals surface area contributed by atoms with Gasteiger partial charge in [-0.15, -0.1) is 0 Å². The first-order chi connectivity index (χ1) is 7.88. The molecule has 17 heavy (non-hydrogen) atoms. The van der Waals surface area contributed by atoms with Gasteiger partial charge in [0.25, 0.3) is 0 Å². The molecule has 1 aromatic rings. The molecular formula is C15H21NO. The lowest BCUT2D eigenvalue weighted by atomic mass is 9.87. The average Bonchev–Trinajstić information content (AvgIpc) is 2.95. The summed E-state index contributed by atoms with van der Waals surface area (Å²) in [6.07, 6.45) is 1.03. The largest absolute Gasteiger partial charge is 0.326 e. The van der Waals surface area contributed by atoms with Crippen molar-refractivity contribution in [2.45, 2.75) is 39.5 Å². The molecule has 1 amide bonds. The van der Waals surface area contributed by atoms with Gasteiger partial charge in [-0.2, -0.15) is 0 Å². The van der Waals surface area contributed by atoms with E-state index in [4.69, 9.17) is 0 Å². The van der Waals surface area contributed by atoms with Gasteiger partial charge in [0.2, 0.25) is 5.91 Å². The molecule has 1 fully saturated rings. The minimum absolute atomic E-state index is 0.160. The molecule has 1 aliphatic rings. The number of carbonyl (C=O) groups excluding carboxylic acids is 1. The number of amides is 1. The zero-order valence-electron chi connectivity index (χ0n) is 11.1. The maximum atomic E-state index is 11.8. The van der Waals surface area contributed by atoms with Crippen molar-refractivity contribution in [1.82, 2.24) is 0 Å². The molecule has 2 heteroatoms. The number of benzene rings is 1. The van der Waals surface area contributed by atoms with Crippen molar-refractivity contribution in [3.63, 3.8) is 0 Å². The van der Waals surface area contributed by atoms with Crippen LogP contribution in [0.1, 0.15) is 39.7 Å². The van der Waals surface area contributed by atoms with E-state index in [1.165, 1.54) is 5.56 Å². The number of hydrogen-bond acceptors (Lipinski definition) is 1. The van der Waals surface area contributed by atoms with Gasteiger partial charge in [0.1, 0.15) is 0 Å². The summed E-state index contributed by atoms with van der Waals surface area (Å²) < 4.78 is 0. The lowest BCUT2D eigenvalue weighted by Crippen LogP contribution is -2.15. The van der Waals surface area contributed by atoms with E-state index in [0.717, 1.165) is 12.1 Å². The molecule has 2 nitrogen and oxygen atoms in total. The van der Waals surface area contributed by atoms with E-state index in [0.29, 0.717) is 5.92 Å². The van der Waals surface area contributed by atoms with Gasteiger partial charge < -0.3 is 5.32 Å². The highest BCUT2D eigenvalue weighted by Crippen LogP contribution is 2.38. The second-order valence-corrected chi connectivity index (χ2v) is 6.14. The Hall–Kier alpha value is -1.31. The van der Waals surface area contributed by atoms with Crippen LogP contribution in [0.3, 0.4) is 0 Å². The lowest BCUT2D eigenvalue weighted by molar-refractivity contribution is -0.117. The first kappa shape index (κ1) is 12.2. The molecule has 2 atom stereocenters. The van der Waals surface area contributed by atoms with E-state index in [-0.39, 0.29) is 17.2 Å². The minimum atomic E-state index is 0.160. The summed E-state index contributed by atoms with van der Waals surface area (Å²) in [6, 6.07) is 8.16. The van der Waals surface area contributed by atoms with Crippen molar-refractivity contribution in [2.75, 3.05) is 5.32 Å². The molecule has 1 aromatic carbocycles. The molecule has 1 saturated carbocycles. The zero-order chi connectivity index (χ0) is 12.6. The first-order valence-electron chi connectivity index (χ1n) is 6.29. The summed E-state index contributed by atoms with van der Waals surface area (Å²) in [5.74, 6) is 0.960. The molecule has 1 N–H and O–H groups in total. The van der Waals surface area contributed by atoms with Gasteiger partial charge in [0.15, 0.2) is 0 Å². The van der Waals surface area contributed by atoms with Gasteiger partial charge in [-0.3, -0.25) is 4.79 Å². The Bertz CT molecular complexity index is 414. The normalized spacial score (nSPS) is 23.3. The van der Waals surface area contributed by atoms with Gasteiger partial charge in [-0.05, 0) is 35.4 Å². The molecule has 0 aliphatic heterocycles. The number of nitrogens with one attached hydrogen (secondary N) is 1. The Balaban J connectivity index is 2.01. The van der Waals surface area contributed by atoms with E-state index in [2.05, 4.69) is 45.1 Å². The summed E-state index contributed by atoms with van der Waals surface area (Å²) in [4.78, 5) is 11.8. The Kier molecular flexibility index (Phi) is 2.98. The minimum Gasteiger partial charge on any atom is -0.326 e. The van der Waals surface area contributed by atoms with Gasteiger partial charge >= 0.3 is 0 Å². The number of anilines is 1. The van der Waals surface area contributed by atoms with Crippen molar-refractivity contribution in [2.24, 2.45) is 11.8 Å². The van der Waals surface area contributed by atoms with Crippen LogP contribution in [-0.4, -0.2) is 5.91 Å². The van der Waals surface area contributed by atoms with Crippen molar-refractivity contribution >= 4 is 11.6 Å². The third kappa shape index (κ3) is 2.87. The fourth-order valence-corrected chi connectivity index (χ4v) is 1.98. The molecule has 92 valence electrons. The third-order valence-corrected chi connectivity index (χ3v) is 3.46. The van der Waals surface area contributed by atoms with Crippen LogP contribution in [0.25, 0.3) is 0 Å². The molecule has 0 spiro atoms. The van der Waals surface area contributed by atoms with E-state index < -0.39 is 0 Å². The topological polar surface area (TPSA) is 29.1 Å². The van der Waals surface area contributed by atoms with Crippen LogP contribution in [0, 0.1) is 11.8 Å². The molecular weight excluding hydrogens is 210 g/mol. The maximum absolute atomic E-state index is 11.8. The zero-order valence-corrected chi connectivity index (χ0v) is 11.1. The Morgan fingerprint density at radius 1 is 1.24 bits per heavy atom. The van der Waals surface area contributed by atoms with Crippen molar-refractivity contribution in [3.05, 3.63) is 29.8 Å². The highest BCUT2D eigenvalue weighted by Gasteiger charge is 2.39. The molecule has 2 rings (SSSR count). The van der Waals surface area contributed by atoms with Gasteiger partial charge in [-0.1, -0.05) is 39.8 Å². The molecule has 0 bridgehead atoms. The van der Waals surface area contributed by atoms with Crippen LogP contribution >= 0.6 is 0 Å². The van der Waals surface area contributed by atoms with Crippen molar-refractivity contribution in [1.29, 1.82) is 0 Å². The molecule has 0 radical (unpaired) electrons. The summed E-state index contributed by atoms with van der Waals surface area (Å²) in [7, 11) is 0. The predicted octanol–water partition coefficient (Wildman–Crippen LogP) is 3.58. The van der Waals surface area contributed by atoms with E-state index in [1.54, 1.807) is 0 Å². The number of carbonyl (C=O) groups is 1. The van der Waals surface area contributed by atoms with Crippen LogP contribution in [0.15, 0.2) is 24.3 Å². The van der Waals surface area contributed by atoms with E-state index in [1.807, 2.05) is 12.1 Å². The highest BCUT2D eigenvalue weighted by atomic mass is 16.2. The maximum Gasteiger partial charge on any atom is 0.227 e. The quantitative estimate of drug-likeness (QED) is 0.828. The molecule has 0 heterocycles. The SMILES string of the molecule is CC1CC1C(=O)Nc1ccc(C(C)(C)C)cc1. The molecule has 0 aromatic heterocycles. The van der Waals surface area contributed by atoms with Crippen molar-refractivity contribution < 1.29 is 4.79 Å². The highest BCUT2D eigenvalue weighted by molar-refractivity contribution is 5.94. The first-order valence-corrected chi connectivity index (χ1v) is 6.29. The Morgan fingerprint density at radius 2 is 1.76 bits per heavy atom. The van der Waals surface area contributed by atoms with Gasteiger partial charge in [0.05, 0.1) is 0 Å². The van der Waals surface area contributed by atoms with Crippen LogP contribution in [0.4, 0.5) is 5.69 Å². The third-order valence-electron chi connectivity index (χ3n) is 3.46. The molecule has 2 unspecified atom stereocenters. The summed E-state index contributed by atoms with van der Waals surface area (Å²) >= 11 is 0. The van der Waals surface area contributed by atoms with E-state index >= 15 is 0 Å². The number of rotatable bonds is 2. The fraction of sp³-hybridized carbons (Fsp3) is 0.533. The van der Waals surface area contributed by atoms with E-state index in [9.17, 15) is 4.79 Å². The molecule has 0 saturated heterocycles. The average molecular weight is 231 g/mol. The summed E-state index contributed by atoms with van der Waals surface area (Å²) in [5, 5.41) is 2.97. The second-order valence-electron chi connectivity index (χ2n) is 6.14. The van der Waals surface area contributed by atoms with Gasteiger partial charge in [0, 0.05) is 11.6 Å². The Morgan fingerprint density at radius 3 is 2.18 bits per heavy atom. The van der Waals surface area contributed by atoms with Crippen molar-refractivity contribution in [3.8, 4) is 0 Å². The Labute approximate surface area is 103 Å². The van der Waals surface area contributed by atoms with Gasteiger partial charge in [-0.25, -0.2) is 0 Å². The molecule has 1 aliphatic carbocycles. The second kappa shape index (κ2) is 4.17. The predicted molar refractivity (Wildman–Crippen MR) is 71.0 cm³/mol. The van der Waals surface area contributed by atoms with Crippen LogP contribution in [-0.2, 0) is 10.2 Å². The fourth-order valence-electron chi connectivity index (χ4n) is 1.98. The monoisotopic (exact) mass is 231 g/mol. The lowest BCUT2D eigenvalue weighted by Gasteiger charge is -2.19. The van der Waals surface area contributed by atoms with Crippen LogP contribution in [0.2, 0.25) is 0 Å². The smallest absolute Gasteiger partial charge is 0.227 e. The summed E-state index contributed by atoms with van der Waals surface area (Å²) in [5.41, 5.74) is 2.35. The summed E-state index contributed by atoms with van der Waals surface area (Å²) in [6.45, 7) is 8.68. The van der Waals surface area contributed by atoms with Crippen LogP contribution < -0.4 is 5.32 Å². The standard InChI is InChI=1S/C15H21NO/c1-10-9-13(10)14(17)16-12-7-5-11(6-8-12)15(2,3)4/h5-8,10,13H,9H2,1-4H3,(H,16,17).